The van der Waals surface area contributed by atoms with Crippen LogP contribution >= 0.6 is 0 Å². The summed E-state index contributed by atoms with van der Waals surface area (Å²) in [5, 5.41) is 16.8. The average Bonchev–Trinajstić information content (AvgIpc) is 1.88. The van der Waals surface area contributed by atoms with Crippen LogP contribution in [0.25, 0.3) is 0 Å². The lowest BCUT2D eigenvalue weighted by molar-refractivity contribution is -0.150. The van der Waals surface area contributed by atoms with Crippen molar-refractivity contribution >= 4 is 11.9 Å². The second kappa shape index (κ2) is 3.62. The van der Waals surface area contributed by atoms with E-state index in [2.05, 4.69) is 0 Å². The van der Waals surface area contributed by atoms with Gasteiger partial charge in [0.15, 0.2) is 0 Å². The molecule has 0 aliphatic carbocycles. The zero-order chi connectivity index (χ0) is 9.02. The number of hydrogen-bond acceptors (Lipinski definition) is 2. The largest absolute Gasteiger partial charge is 0.481 e. The van der Waals surface area contributed by atoms with Gasteiger partial charge in [-0.3, -0.25) is 9.59 Å². The maximum absolute atomic E-state index is 10.3. The fourth-order valence-electron chi connectivity index (χ4n) is 0.572. The third kappa shape index (κ3) is 2.30. The molecule has 0 rings (SSSR count). The predicted molar refractivity (Wildman–Crippen MR) is 36.8 cm³/mol. The molecule has 11 heavy (non-hydrogen) atoms. The topological polar surface area (TPSA) is 74.6 Å². The molecule has 4 nitrogen and oxygen atoms in total. The number of carbonyl (C=O) groups is 2. The molecule has 4 heteroatoms. The number of aliphatic carboxylic acids is 2. The van der Waals surface area contributed by atoms with Gasteiger partial charge >= 0.3 is 11.9 Å². The molecule has 60 valence electrons. The van der Waals surface area contributed by atoms with Gasteiger partial charge in [0.2, 0.25) is 0 Å². The fraction of sp³-hybridized carbons (Fsp3) is 0.429. The second-order valence-corrected chi connectivity index (χ2v) is 2.11. The molecule has 0 aliphatic heterocycles. The summed E-state index contributed by atoms with van der Waals surface area (Å²) in [6, 6.07) is 0. The third-order valence-corrected chi connectivity index (χ3v) is 1.34. The van der Waals surface area contributed by atoms with Crippen molar-refractivity contribution in [1.29, 1.82) is 0 Å². The number of rotatable bonds is 3. The molecule has 0 fully saturated rings. The highest BCUT2D eigenvalue weighted by Gasteiger charge is 2.27. The first-order chi connectivity index (χ1) is 5.00. The van der Waals surface area contributed by atoms with Gasteiger partial charge in [0.05, 0.1) is 5.92 Å². The van der Waals surface area contributed by atoms with Crippen LogP contribution in [0.3, 0.4) is 0 Å². The Balaban J connectivity index is 4.42. The quantitative estimate of drug-likeness (QED) is 0.566. The second-order valence-electron chi connectivity index (χ2n) is 2.11. The average molecular weight is 156 g/mol. The van der Waals surface area contributed by atoms with Crippen LogP contribution in [0.15, 0.2) is 0 Å². The monoisotopic (exact) mass is 156 g/mol. The summed E-state index contributed by atoms with van der Waals surface area (Å²) in [5.74, 6) is -2.86. The van der Waals surface area contributed by atoms with E-state index in [1.54, 1.807) is 0 Å². The van der Waals surface area contributed by atoms with Gasteiger partial charge in [-0.25, -0.2) is 0 Å². The summed E-state index contributed by atoms with van der Waals surface area (Å²) in [4.78, 5) is 20.5. The van der Waals surface area contributed by atoms with Crippen LogP contribution in [0.5, 0.6) is 0 Å². The SMILES string of the molecule is C#CC(C(=O)O)C(C)C(=O)O. The van der Waals surface area contributed by atoms with Gasteiger partial charge in [-0.2, -0.15) is 0 Å². The Labute approximate surface area is 63.8 Å². The smallest absolute Gasteiger partial charge is 0.319 e. The number of carboxylic acids is 2. The Bertz CT molecular complexity index is 213. The molecule has 0 heterocycles. The van der Waals surface area contributed by atoms with Crippen molar-refractivity contribution < 1.29 is 19.8 Å². The Kier molecular flexibility index (Phi) is 3.12. The van der Waals surface area contributed by atoms with Crippen LogP contribution < -0.4 is 0 Å². The van der Waals surface area contributed by atoms with Gasteiger partial charge in [0, 0.05) is 0 Å². The van der Waals surface area contributed by atoms with E-state index < -0.39 is 23.8 Å². The lowest BCUT2D eigenvalue weighted by atomic mass is 9.95. The Morgan fingerprint density at radius 1 is 1.36 bits per heavy atom. The van der Waals surface area contributed by atoms with E-state index in [0.717, 1.165) is 0 Å². The summed E-state index contributed by atoms with van der Waals surface area (Å²) in [7, 11) is 0. The minimum atomic E-state index is -1.28. The summed E-state index contributed by atoms with van der Waals surface area (Å²) in [5.41, 5.74) is 0. The molecule has 0 bridgehead atoms. The van der Waals surface area contributed by atoms with E-state index in [1.165, 1.54) is 6.92 Å². The van der Waals surface area contributed by atoms with Crippen LogP contribution in [0, 0.1) is 24.2 Å². The van der Waals surface area contributed by atoms with Gasteiger partial charge < -0.3 is 10.2 Å². The standard InChI is InChI=1S/C7H8O4/c1-3-5(7(10)11)4(2)6(8)9/h1,4-5H,2H3,(H,8,9)(H,10,11). The Morgan fingerprint density at radius 3 is 1.91 bits per heavy atom. The molecule has 0 aromatic heterocycles. The summed E-state index contributed by atoms with van der Waals surface area (Å²) in [6.45, 7) is 1.26. The van der Waals surface area contributed by atoms with E-state index >= 15 is 0 Å². The third-order valence-electron chi connectivity index (χ3n) is 1.34. The summed E-state index contributed by atoms with van der Waals surface area (Å²) in [6.07, 6.45) is 4.82. The van der Waals surface area contributed by atoms with Crippen molar-refractivity contribution in [3.8, 4) is 12.3 Å². The van der Waals surface area contributed by atoms with E-state index in [-0.39, 0.29) is 0 Å². The van der Waals surface area contributed by atoms with Crippen molar-refractivity contribution in [2.24, 2.45) is 11.8 Å². The molecule has 0 aromatic rings. The highest BCUT2D eigenvalue weighted by atomic mass is 16.4. The van der Waals surface area contributed by atoms with Gasteiger partial charge in [-0.15, -0.1) is 6.42 Å². The molecular formula is C7H8O4. The van der Waals surface area contributed by atoms with Crippen LogP contribution in [0.1, 0.15) is 6.92 Å². The van der Waals surface area contributed by atoms with E-state index in [9.17, 15) is 9.59 Å². The number of carboxylic acid groups (broad SMARTS) is 2. The first-order valence-electron chi connectivity index (χ1n) is 2.92. The first-order valence-corrected chi connectivity index (χ1v) is 2.92. The summed E-state index contributed by atoms with van der Waals surface area (Å²) >= 11 is 0. The highest BCUT2D eigenvalue weighted by molar-refractivity contribution is 5.81. The highest BCUT2D eigenvalue weighted by Crippen LogP contribution is 2.10. The van der Waals surface area contributed by atoms with Crippen LogP contribution in [-0.4, -0.2) is 22.2 Å². The van der Waals surface area contributed by atoms with E-state index in [4.69, 9.17) is 16.6 Å². The van der Waals surface area contributed by atoms with Gasteiger partial charge in [-0.1, -0.05) is 12.8 Å². The molecule has 0 aromatic carbocycles. The van der Waals surface area contributed by atoms with Crippen molar-refractivity contribution in [2.45, 2.75) is 6.92 Å². The zero-order valence-corrected chi connectivity index (χ0v) is 5.94. The summed E-state index contributed by atoms with van der Waals surface area (Å²) < 4.78 is 0. The molecule has 2 N–H and O–H groups in total. The molecule has 0 saturated carbocycles. The molecule has 0 saturated heterocycles. The minimum absolute atomic E-state index is 1.04. The van der Waals surface area contributed by atoms with Gasteiger partial charge in [0.1, 0.15) is 5.92 Å². The molecular weight excluding hydrogens is 148 g/mol. The van der Waals surface area contributed by atoms with E-state index in [0.29, 0.717) is 0 Å². The lowest BCUT2D eigenvalue weighted by Crippen LogP contribution is -2.26. The number of hydrogen-bond donors (Lipinski definition) is 2. The van der Waals surface area contributed by atoms with Gasteiger partial charge in [-0.05, 0) is 0 Å². The predicted octanol–water partition coefficient (Wildman–Crippen LogP) is 0.0411. The first kappa shape index (κ1) is 9.50. The van der Waals surface area contributed by atoms with Crippen LogP contribution in [-0.2, 0) is 9.59 Å². The van der Waals surface area contributed by atoms with Gasteiger partial charge in [0.25, 0.3) is 0 Å². The van der Waals surface area contributed by atoms with Crippen molar-refractivity contribution in [3.05, 3.63) is 0 Å². The lowest BCUT2D eigenvalue weighted by Gasteiger charge is -2.08. The molecule has 0 amide bonds. The minimum Gasteiger partial charge on any atom is -0.481 e. The molecule has 0 spiro atoms. The van der Waals surface area contributed by atoms with E-state index in [1.807, 2.05) is 5.92 Å². The fourth-order valence-corrected chi connectivity index (χ4v) is 0.572. The molecule has 2 unspecified atom stereocenters. The zero-order valence-electron chi connectivity index (χ0n) is 5.94. The van der Waals surface area contributed by atoms with Crippen LogP contribution in [0.2, 0.25) is 0 Å². The Hall–Kier alpha value is -1.50. The Morgan fingerprint density at radius 2 is 1.82 bits per heavy atom. The van der Waals surface area contributed by atoms with Crippen molar-refractivity contribution in [1.82, 2.24) is 0 Å². The molecule has 0 radical (unpaired) electrons. The van der Waals surface area contributed by atoms with Crippen LogP contribution in [0.4, 0.5) is 0 Å². The number of terminal acetylenes is 1. The maximum atomic E-state index is 10.3. The normalized spacial score (nSPS) is 14.5. The van der Waals surface area contributed by atoms with Crippen molar-refractivity contribution in [2.75, 3.05) is 0 Å². The molecule has 0 aliphatic rings. The van der Waals surface area contributed by atoms with Crippen molar-refractivity contribution in [3.63, 3.8) is 0 Å². The maximum Gasteiger partial charge on any atom is 0.319 e. The molecule has 2 atom stereocenters.